The Morgan fingerprint density at radius 1 is 1.07 bits per heavy atom. The van der Waals surface area contributed by atoms with E-state index in [9.17, 15) is 14.4 Å². The van der Waals surface area contributed by atoms with Crippen molar-refractivity contribution in [2.75, 3.05) is 5.32 Å². The standard InChI is InChI=1S/C20H11Cl2FN2O2/c21-17-7-5-15(10-18(17)22)25-20(26)13(11-24)9-16-6-8-19(27-16)12-1-3-14(23)4-2-12/h1-10H,(H,25,26)/b13-9+. The van der Waals surface area contributed by atoms with Crippen LogP contribution in [0.3, 0.4) is 0 Å². The zero-order valence-corrected chi connectivity index (χ0v) is 15.2. The lowest BCUT2D eigenvalue weighted by Crippen LogP contribution is -2.13. The number of hydrogen-bond acceptors (Lipinski definition) is 3. The van der Waals surface area contributed by atoms with Gasteiger partial charge in [0, 0.05) is 17.3 Å². The molecule has 0 fully saturated rings. The van der Waals surface area contributed by atoms with Crippen molar-refractivity contribution in [1.82, 2.24) is 0 Å². The molecule has 134 valence electrons. The number of furan rings is 1. The maximum atomic E-state index is 13.0. The molecule has 0 aliphatic heterocycles. The summed E-state index contributed by atoms with van der Waals surface area (Å²) in [5.41, 5.74) is 0.929. The summed E-state index contributed by atoms with van der Waals surface area (Å²) >= 11 is 11.7. The largest absolute Gasteiger partial charge is 0.457 e. The van der Waals surface area contributed by atoms with Crippen molar-refractivity contribution < 1.29 is 13.6 Å². The normalized spacial score (nSPS) is 11.1. The fourth-order valence-corrected chi connectivity index (χ4v) is 2.56. The van der Waals surface area contributed by atoms with E-state index in [-0.39, 0.29) is 16.4 Å². The molecule has 0 aliphatic rings. The highest BCUT2D eigenvalue weighted by Gasteiger charge is 2.12. The summed E-state index contributed by atoms with van der Waals surface area (Å²) in [6.45, 7) is 0. The van der Waals surface area contributed by atoms with Crippen LogP contribution in [0.5, 0.6) is 0 Å². The molecular formula is C20H11Cl2FN2O2. The van der Waals surface area contributed by atoms with Crippen LogP contribution in [0.25, 0.3) is 17.4 Å². The molecule has 27 heavy (non-hydrogen) atoms. The lowest BCUT2D eigenvalue weighted by Gasteiger charge is -2.05. The predicted molar refractivity (Wildman–Crippen MR) is 103 cm³/mol. The Kier molecular flexibility index (Phi) is 5.60. The number of halogens is 3. The van der Waals surface area contributed by atoms with Crippen molar-refractivity contribution in [2.45, 2.75) is 0 Å². The van der Waals surface area contributed by atoms with E-state index in [2.05, 4.69) is 5.32 Å². The first kappa shape index (κ1) is 18.7. The Labute approximate surface area is 164 Å². The average molecular weight is 401 g/mol. The fourth-order valence-electron chi connectivity index (χ4n) is 2.26. The highest BCUT2D eigenvalue weighted by atomic mass is 35.5. The van der Waals surface area contributed by atoms with Crippen LogP contribution in [-0.2, 0) is 4.79 Å². The van der Waals surface area contributed by atoms with Gasteiger partial charge in [-0.05, 0) is 54.6 Å². The maximum Gasteiger partial charge on any atom is 0.266 e. The van der Waals surface area contributed by atoms with Gasteiger partial charge < -0.3 is 9.73 Å². The third-order valence-corrected chi connectivity index (χ3v) is 4.32. The minimum Gasteiger partial charge on any atom is -0.457 e. The highest BCUT2D eigenvalue weighted by molar-refractivity contribution is 6.42. The van der Waals surface area contributed by atoms with Crippen molar-refractivity contribution in [3.05, 3.63) is 81.8 Å². The van der Waals surface area contributed by atoms with Crippen molar-refractivity contribution in [3.63, 3.8) is 0 Å². The molecular weight excluding hydrogens is 390 g/mol. The van der Waals surface area contributed by atoms with E-state index in [1.54, 1.807) is 30.3 Å². The molecule has 3 aromatic rings. The minimum atomic E-state index is -0.615. The van der Waals surface area contributed by atoms with Gasteiger partial charge in [0.05, 0.1) is 10.0 Å². The van der Waals surface area contributed by atoms with E-state index >= 15 is 0 Å². The van der Waals surface area contributed by atoms with E-state index in [1.807, 2.05) is 6.07 Å². The van der Waals surface area contributed by atoms with Gasteiger partial charge in [0.1, 0.15) is 29.0 Å². The lowest BCUT2D eigenvalue weighted by atomic mass is 10.2. The number of anilines is 1. The quantitative estimate of drug-likeness (QED) is 0.435. The van der Waals surface area contributed by atoms with Crippen LogP contribution in [0, 0.1) is 17.1 Å². The summed E-state index contributed by atoms with van der Waals surface area (Å²) in [4.78, 5) is 12.3. The summed E-state index contributed by atoms with van der Waals surface area (Å²) in [6, 6.07) is 15.5. The maximum absolute atomic E-state index is 13.0. The van der Waals surface area contributed by atoms with E-state index in [0.29, 0.717) is 27.8 Å². The van der Waals surface area contributed by atoms with E-state index in [4.69, 9.17) is 27.6 Å². The van der Waals surface area contributed by atoms with Crippen molar-refractivity contribution in [1.29, 1.82) is 5.26 Å². The summed E-state index contributed by atoms with van der Waals surface area (Å²) in [5.74, 6) is -0.162. The Hall–Kier alpha value is -3.07. The molecule has 1 heterocycles. The molecule has 3 rings (SSSR count). The fraction of sp³-hybridized carbons (Fsp3) is 0. The number of nitrogens with zero attached hydrogens (tertiary/aromatic N) is 1. The lowest BCUT2D eigenvalue weighted by molar-refractivity contribution is -0.112. The summed E-state index contributed by atoms with van der Waals surface area (Å²) in [7, 11) is 0. The van der Waals surface area contributed by atoms with Gasteiger partial charge in [-0.3, -0.25) is 4.79 Å². The smallest absolute Gasteiger partial charge is 0.266 e. The molecule has 0 radical (unpaired) electrons. The van der Waals surface area contributed by atoms with Crippen molar-refractivity contribution in [2.24, 2.45) is 0 Å². The van der Waals surface area contributed by atoms with Crippen LogP contribution in [0.1, 0.15) is 5.76 Å². The minimum absolute atomic E-state index is 0.152. The van der Waals surface area contributed by atoms with E-state index in [1.165, 1.54) is 30.3 Å². The SMILES string of the molecule is N#C/C(=C\c1ccc(-c2ccc(F)cc2)o1)C(=O)Nc1ccc(Cl)c(Cl)c1. The molecule has 0 atom stereocenters. The van der Waals surface area contributed by atoms with Gasteiger partial charge in [-0.1, -0.05) is 23.2 Å². The number of benzene rings is 2. The van der Waals surface area contributed by atoms with Crippen LogP contribution in [0.15, 0.2) is 64.6 Å². The highest BCUT2D eigenvalue weighted by Crippen LogP contribution is 2.26. The molecule has 0 unspecified atom stereocenters. The van der Waals surface area contributed by atoms with Crippen LogP contribution >= 0.6 is 23.2 Å². The predicted octanol–water partition coefficient (Wildman–Crippen LogP) is 5.94. The summed E-state index contributed by atoms with van der Waals surface area (Å²) in [5, 5.41) is 12.5. The van der Waals surface area contributed by atoms with Crippen LogP contribution in [-0.4, -0.2) is 5.91 Å². The van der Waals surface area contributed by atoms with Gasteiger partial charge in [-0.15, -0.1) is 0 Å². The van der Waals surface area contributed by atoms with Gasteiger partial charge in [0.2, 0.25) is 0 Å². The van der Waals surface area contributed by atoms with Gasteiger partial charge >= 0.3 is 0 Å². The Morgan fingerprint density at radius 2 is 1.81 bits per heavy atom. The van der Waals surface area contributed by atoms with Gasteiger partial charge in [-0.2, -0.15) is 5.26 Å². The van der Waals surface area contributed by atoms with Gasteiger partial charge in [-0.25, -0.2) is 4.39 Å². The zero-order chi connectivity index (χ0) is 19.4. The Bertz CT molecular complexity index is 1070. The van der Waals surface area contributed by atoms with Crippen LogP contribution < -0.4 is 5.32 Å². The molecule has 0 saturated heterocycles. The summed E-state index contributed by atoms with van der Waals surface area (Å²) < 4.78 is 18.6. The average Bonchev–Trinajstić information content (AvgIpc) is 3.12. The first-order chi connectivity index (χ1) is 13.0. The molecule has 7 heteroatoms. The molecule has 0 spiro atoms. The number of amides is 1. The number of hydrogen-bond donors (Lipinski definition) is 1. The van der Waals surface area contributed by atoms with E-state index in [0.717, 1.165) is 0 Å². The molecule has 0 saturated carbocycles. The molecule has 1 N–H and O–H groups in total. The zero-order valence-electron chi connectivity index (χ0n) is 13.7. The Balaban J connectivity index is 1.79. The molecule has 1 aromatic heterocycles. The number of carbonyl (C=O) groups is 1. The summed E-state index contributed by atoms with van der Waals surface area (Å²) in [6.07, 6.45) is 1.32. The first-order valence-corrected chi connectivity index (χ1v) is 8.46. The van der Waals surface area contributed by atoms with Crippen LogP contribution in [0.4, 0.5) is 10.1 Å². The number of nitrogens with one attached hydrogen (secondary N) is 1. The van der Waals surface area contributed by atoms with Gasteiger partial charge in [0.15, 0.2) is 0 Å². The molecule has 4 nitrogen and oxygen atoms in total. The second kappa shape index (κ2) is 8.09. The third kappa shape index (κ3) is 4.56. The van der Waals surface area contributed by atoms with E-state index < -0.39 is 5.91 Å². The number of nitriles is 1. The first-order valence-electron chi connectivity index (χ1n) is 7.70. The topological polar surface area (TPSA) is 66.0 Å². The number of carbonyl (C=O) groups excluding carboxylic acids is 1. The number of rotatable bonds is 4. The van der Waals surface area contributed by atoms with Crippen molar-refractivity contribution >= 4 is 40.9 Å². The van der Waals surface area contributed by atoms with Crippen LogP contribution in [0.2, 0.25) is 10.0 Å². The van der Waals surface area contributed by atoms with Gasteiger partial charge in [0.25, 0.3) is 5.91 Å². The monoisotopic (exact) mass is 400 g/mol. The molecule has 1 amide bonds. The second-order valence-corrected chi connectivity index (χ2v) is 6.28. The third-order valence-electron chi connectivity index (χ3n) is 3.58. The van der Waals surface area contributed by atoms with Crippen molar-refractivity contribution in [3.8, 4) is 17.4 Å². The Morgan fingerprint density at radius 3 is 2.48 bits per heavy atom. The molecule has 0 aliphatic carbocycles. The second-order valence-electron chi connectivity index (χ2n) is 5.46. The molecule has 2 aromatic carbocycles. The molecule has 0 bridgehead atoms.